The highest BCUT2D eigenvalue weighted by atomic mass is 16.4. The zero-order valence-corrected chi connectivity index (χ0v) is 13.1. The van der Waals surface area contributed by atoms with Gasteiger partial charge in [-0.3, -0.25) is 14.4 Å². The Bertz CT molecular complexity index is 740. The molecule has 8 heteroatoms. The third-order valence-electron chi connectivity index (χ3n) is 3.47. The van der Waals surface area contributed by atoms with E-state index in [0.717, 1.165) is 0 Å². The van der Waals surface area contributed by atoms with Gasteiger partial charge < -0.3 is 20.7 Å². The van der Waals surface area contributed by atoms with Crippen molar-refractivity contribution in [1.82, 2.24) is 10.6 Å². The summed E-state index contributed by atoms with van der Waals surface area (Å²) < 4.78 is 0. The lowest BCUT2D eigenvalue weighted by molar-refractivity contribution is -0.127. The summed E-state index contributed by atoms with van der Waals surface area (Å²) in [6, 6.07) is 6.53. The quantitative estimate of drug-likeness (QED) is 0.311. The second-order valence-electron chi connectivity index (χ2n) is 5.36. The van der Waals surface area contributed by atoms with Crippen molar-refractivity contribution in [2.24, 2.45) is 0 Å². The highest BCUT2D eigenvalue weighted by molar-refractivity contribution is 6.58. The smallest absolute Gasteiger partial charge is 0.423 e. The van der Waals surface area contributed by atoms with Gasteiger partial charge >= 0.3 is 7.12 Å². The van der Waals surface area contributed by atoms with Crippen molar-refractivity contribution >= 4 is 30.2 Å². The van der Waals surface area contributed by atoms with E-state index in [2.05, 4.69) is 10.6 Å². The summed E-state index contributed by atoms with van der Waals surface area (Å²) in [4.78, 5) is 34.8. The van der Waals surface area contributed by atoms with Gasteiger partial charge in [0.2, 0.25) is 11.8 Å². The number of ketones is 1. The van der Waals surface area contributed by atoms with Crippen LogP contribution in [0, 0.1) is 0 Å². The molecule has 1 aromatic rings. The number of allylic oxidation sites excluding steroid dienone is 3. The average molecular weight is 328 g/mol. The molecule has 0 radical (unpaired) electrons. The summed E-state index contributed by atoms with van der Waals surface area (Å²) in [7, 11) is -1.57. The van der Waals surface area contributed by atoms with Gasteiger partial charge in [0.05, 0.1) is 6.42 Å². The van der Waals surface area contributed by atoms with Gasteiger partial charge in [0.25, 0.3) is 0 Å². The first-order valence-corrected chi connectivity index (χ1v) is 7.31. The van der Waals surface area contributed by atoms with Crippen molar-refractivity contribution in [3.05, 3.63) is 53.3 Å². The summed E-state index contributed by atoms with van der Waals surface area (Å²) in [5.74, 6) is -1.09. The van der Waals surface area contributed by atoms with Gasteiger partial charge in [-0.2, -0.15) is 0 Å². The van der Waals surface area contributed by atoms with E-state index in [0.29, 0.717) is 22.3 Å². The van der Waals surface area contributed by atoms with Gasteiger partial charge in [0.15, 0.2) is 5.78 Å². The maximum Gasteiger partial charge on any atom is 0.488 e. The Morgan fingerprint density at radius 2 is 2.12 bits per heavy atom. The molecular weight excluding hydrogens is 311 g/mol. The second kappa shape index (κ2) is 7.71. The molecule has 2 amide bonds. The number of nitrogens with one attached hydrogen (secondary N) is 2. The predicted octanol–water partition coefficient (Wildman–Crippen LogP) is -1.10. The van der Waals surface area contributed by atoms with Crippen LogP contribution in [0.15, 0.2) is 47.7 Å². The Balaban J connectivity index is 1.96. The van der Waals surface area contributed by atoms with E-state index in [1.165, 1.54) is 12.2 Å². The zero-order valence-electron chi connectivity index (χ0n) is 13.1. The molecule has 1 aliphatic heterocycles. The molecule has 0 saturated carbocycles. The molecule has 2 rings (SSSR count). The largest absolute Gasteiger partial charge is 0.488 e. The summed E-state index contributed by atoms with van der Waals surface area (Å²) in [6.45, 7) is 1.80. The van der Waals surface area contributed by atoms with Crippen molar-refractivity contribution in [3.8, 4) is 0 Å². The highest BCUT2D eigenvalue weighted by Gasteiger charge is 2.21. The standard InChI is InChI=1S/C16H17BN2O5/c1-10-13(14(20)8-16(22)19-10)5-6-15(21)18-9-11-3-2-4-12(7-11)17(23)24/h2-7,23-24H,8-9H2,1H3,(H,18,21)(H,19,22)/b6-5+. The van der Waals surface area contributed by atoms with E-state index in [9.17, 15) is 14.4 Å². The Kier molecular flexibility index (Phi) is 5.67. The molecule has 1 aromatic carbocycles. The number of hydrogen-bond donors (Lipinski definition) is 4. The van der Waals surface area contributed by atoms with Gasteiger partial charge in [-0.25, -0.2) is 0 Å². The summed E-state index contributed by atoms with van der Waals surface area (Å²) >= 11 is 0. The molecule has 0 aromatic heterocycles. The molecule has 7 nitrogen and oxygen atoms in total. The fourth-order valence-electron chi connectivity index (χ4n) is 2.26. The van der Waals surface area contributed by atoms with Crippen molar-refractivity contribution in [2.45, 2.75) is 19.9 Å². The maximum absolute atomic E-state index is 11.8. The molecule has 0 fully saturated rings. The minimum atomic E-state index is -1.57. The number of rotatable bonds is 5. The van der Waals surface area contributed by atoms with Gasteiger partial charge in [-0.15, -0.1) is 0 Å². The van der Waals surface area contributed by atoms with Crippen LogP contribution in [0.25, 0.3) is 0 Å². The summed E-state index contributed by atoms with van der Waals surface area (Å²) in [6.07, 6.45) is 2.37. The second-order valence-corrected chi connectivity index (χ2v) is 5.36. The molecule has 24 heavy (non-hydrogen) atoms. The van der Waals surface area contributed by atoms with E-state index in [1.54, 1.807) is 31.2 Å². The number of amides is 2. The topological polar surface area (TPSA) is 116 Å². The van der Waals surface area contributed by atoms with Crippen LogP contribution in [0.2, 0.25) is 0 Å². The first-order valence-electron chi connectivity index (χ1n) is 7.31. The molecule has 1 heterocycles. The Morgan fingerprint density at radius 3 is 2.79 bits per heavy atom. The SMILES string of the molecule is CC1=C(/C=C/C(=O)NCc2cccc(B(O)O)c2)C(=O)CC(=O)N1. The fourth-order valence-corrected chi connectivity index (χ4v) is 2.26. The Hall–Kier alpha value is -2.71. The third kappa shape index (κ3) is 4.64. The number of carbonyl (C=O) groups is 3. The first kappa shape index (κ1) is 17.6. The fraction of sp³-hybridized carbons (Fsp3) is 0.188. The normalized spacial score (nSPS) is 14.8. The molecule has 0 unspecified atom stereocenters. The zero-order chi connectivity index (χ0) is 17.7. The van der Waals surface area contributed by atoms with Crippen molar-refractivity contribution in [2.75, 3.05) is 0 Å². The summed E-state index contributed by atoms with van der Waals surface area (Å²) in [5, 5.41) is 23.4. The van der Waals surface area contributed by atoms with Gasteiger partial charge in [0, 0.05) is 23.9 Å². The molecule has 0 spiro atoms. The minimum absolute atomic E-state index is 0.201. The van der Waals surface area contributed by atoms with Crippen LogP contribution in [0.4, 0.5) is 0 Å². The number of benzene rings is 1. The lowest BCUT2D eigenvalue weighted by atomic mass is 9.80. The molecule has 124 valence electrons. The van der Waals surface area contributed by atoms with Crippen LogP contribution in [0.5, 0.6) is 0 Å². The van der Waals surface area contributed by atoms with E-state index >= 15 is 0 Å². The van der Waals surface area contributed by atoms with E-state index < -0.39 is 13.0 Å². The van der Waals surface area contributed by atoms with Gasteiger partial charge in [-0.1, -0.05) is 24.3 Å². The molecule has 0 bridgehead atoms. The maximum atomic E-state index is 11.8. The number of Topliss-reactive ketones (excluding diaryl/α,β-unsaturated/α-hetero) is 1. The van der Waals surface area contributed by atoms with E-state index in [4.69, 9.17) is 10.0 Å². The van der Waals surface area contributed by atoms with E-state index in [1.807, 2.05) is 0 Å². The number of hydrogen-bond acceptors (Lipinski definition) is 5. The van der Waals surface area contributed by atoms with Crippen LogP contribution in [-0.4, -0.2) is 34.8 Å². The van der Waals surface area contributed by atoms with Crippen molar-refractivity contribution < 1.29 is 24.4 Å². The molecule has 4 N–H and O–H groups in total. The Morgan fingerprint density at radius 1 is 1.38 bits per heavy atom. The first-order chi connectivity index (χ1) is 11.4. The summed E-state index contributed by atoms with van der Waals surface area (Å²) in [5.41, 5.74) is 1.76. The molecule has 0 aliphatic carbocycles. The monoisotopic (exact) mass is 328 g/mol. The minimum Gasteiger partial charge on any atom is -0.423 e. The van der Waals surface area contributed by atoms with Crippen molar-refractivity contribution in [3.63, 3.8) is 0 Å². The predicted molar refractivity (Wildman–Crippen MR) is 87.7 cm³/mol. The average Bonchev–Trinajstić information content (AvgIpc) is 2.52. The lowest BCUT2D eigenvalue weighted by Gasteiger charge is -2.14. The van der Waals surface area contributed by atoms with Crippen molar-refractivity contribution in [1.29, 1.82) is 0 Å². The van der Waals surface area contributed by atoms with Crippen LogP contribution in [0.1, 0.15) is 18.9 Å². The molecule has 1 aliphatic rings. The lowest BCUT2D eigenvalue weighted by Crippen LogP contribution is -2.31. The Labute approximate surface area is 139 Å². The van der Waals surface area contributed by atoms with E-state index in [-0.39, 0.29) is 24.7 Å². The van der Waals surface area contributed by atoms with Gasteiger partial charge in [0.1, 0.15) is 0 Å². The van der Waals surface area contributed by atoms with Crippen LogP contribution >= 0.6 is 0 Å². The third-order valence-corrected chi connectivity index (χ3v) is 3.47. The van der Waals surface area contributed by atoms with Crippen LogP contribution in [-0.2, 0) is 20.9 Å². The van der Waals surface area contributed by atoms with Gasteiger partial charge in [-0.05, 0) is 24.0 Å². The van der Waals surface area contributed by atoms with Crippen LogP contribution < -0.4 is 16.1 Å². The molecular formula is C16H17BN2O5. The molecule has 0 saturated heterocycles. The highest BCUT2D eigenvalue weighted by Crippen LogP contribution is 2.12. The van der Waals surface area contributed by atoms with Crippen LogP contribution in [0.3, 0.4) is 0 Å². The number of carbonyl (C=O) groups excluding carboxylic acids is 3. The molecule has 0 atom stereocenters.